The Bertz CT molecular complexity index is 562. The summed E-state index contributed by atoms with van der Waals surface area (Å²) in [5.74, 6) is -0.236. The highest BCUT2D eigenvalue weighted by Gasteiger charge is 2.24. The second-order valence-electron chi connectivity index (χ2n) is 5.38. The van der Waals surface area contributed by atoms with Crippen LogP contribution in [0.1, 0.15) is 12.0 Å². The quantitative estimate of drug-likeness (QED) is 0.777. The normalized spacial score (nSPS) is 17.4. The standard InChI is InChI=1S/C15H22N4O3/c1-10-12(17-14(20)9-22-2)4-3-5-13(10)18-15(21)19-7-6-11(16)8-19/h3-5,11H,6-9,16H2,1-2H3,(H,17,20)(H,18,21)/t11-/m1/s1. The van der Waals surface area contributed by atoms with E-state index >= 15 is 0 Å². The van der Waals surface area contributed by atoms with Crippen molar-refractivity contribution >= 4 is 23.3 Å². The molecule has 1 fully saturated rings. The van der Waals surface area contributed by atoms with Crippen LogP contribution in [-0.4, -0.2) is 49.7 Å². The Morgan fingerprint density at radius 1 is 1.36 bits per heavy atom. The molecule has 1 aromatic carbocycles. The molecule has 0 saturated carbocycles. The van der Waals surface area contributed by atoms with E-state index in [0.29, 0.717) is 24.5 Å². The Morgan fingerprint density at radius 3 is 2.64 bits per heavy atom. The highest BCUT2D eigenvalue weighted by atomic mass is 16.5. The van der Waals surface area contributed by atoms with E-state index in [9.17, 15) is 9.59 Å². The van der Waals surface area contributed by atoms with Crippen LogP contribution in [0.4, 0.5) is 16.2 Å². The van der Waals surface area contributed by atoms with Gasteiger partial charge in [0, 0.05) is 37.6 Å². The summed E-state index contributed by atoms with van der Waals surface area (Å²) < 4.78 is 4.79. The molecule has 4 N–H and O–H groups in total. The van der Waals surface area contributed by atoms with E-state index in [1.165, 1.54) is 7.11 Å². The van der Waals surface area contributed by atoms with Crippen LogP contribution in [0, 0.1) is 6.92 Å². The van der Waals surface area contributed by atoms with Crippen molar-refractivity contribution < 1.29 is 14.3 Å². The first-order chi connectivity index (χ1) is 10.5. The number of amides is 3. The van der Waals surface area contributed by atoms with Gasteiger partial charge >= 0.3 is 6.03 Å². The molecule has 0 spiro atoms. The van der Waals surface area contributed by atoms with E-state index in [-0.39, 0.29) is 24.6 Å². The maximum Gasteiger partial charge on any atom is 0.321 e. The summed E-state index contributed by atoms with van der Waals surface area (Å²) in [5.41, 5.74) is 7.93. The molecule has 1 aliphatic rings. The van der Waals surface area contributed by atoms with Crippen LogP contribution in [0.15, 0.2) is 18.2 Å². The van der Waals surface area contributed by atoms with Gasteiger partial charge < -0.3 is 26.0 Å². The van der Waals surface area contributed by atoms with Crippen molar-refractivity contribution in [1.82, 2.24) is 4.90 Å². The summed E-state index contributed by atoms with van der Waals surface area (Å²) in [4.78, 5) is 25.5. The number of nitrogens with two attached hydrogens (primary N) is 1. The van der Waals surface area contributed by atoms with Gasteiger partial charge in [0.1, 0.15) is 6.61 Å². The van der Waals surface area contributed by atoms with Crippen LogP contribution >= 0.6 is 0 Å². The predicted molar refractivity (Wildman–Crippen MR) is 84.9 cm³/mol. The molecule has 0 bridgehead atoms. The first kappa shape index (κ1) is 16.3. The van der Waals surface area contributed by atoms with Crippen LogP contribution in [-0.2, 0) is 9.53 Å². The van der Waals surface area contributed by atoms with Crippen molar-refractivity contribution in [3.8, 4) is 0 Å². The summed E-state index contributed by atoms with van der Waals surface area (Å²) in [7, 11) is 1.46. The number of nitrogens with zero attached hydrogens (tertiary/aromatic N) is 1. The summed E-state index contributed by atoms with van der Waals surface area (Å²) in [6.45, 7) is 3.06. The fraction of sp³-hybridized carbons (Fsp3) is 0.467. The smallest absolute Gasteiger partial charge is 0.321 e. The zero-order valence-electron chi connectivity index (χ0n) is 12.9. The van der Waals surface area contributed by atoms with Gasteiger partial charge in [-0.15, -0.1) is 0 Å². The monoisotopic (exact) mass is 306 g/mol. The molecule has 1 heterocycles. The molecule has 22 heavy (non-hydrogen) atoms. The third-order valence-corrected chi connectivity index (χ3v) is 3.64. The van der Waals surface area contributed by atoms with E-state index in [1.807, 2.05) is 6.92 Å². The Kier molecular flexibility index (Phi) is 5.35. The minimum Gasteiger partial charge on any atom is -0.375 e. The molecular weight excluding hydrogens is 284 g/mol. The van der Waals surface area contributed by atoms with Crippen LogP contribution in [0.25, 0.3) is 0 Å². The molecule has 0 aliphatic carbocycles. The van der Waals surface area contributed by atoms with Gasteiger partial charge in [-0.25, -0.2) is 4.79 Å². The van der Waals surface area contributed by atoms with E-state index in [2.05, 4.69) is 10.6 Å². The van der Waals surface area contributed by atoms with Crippen LogP contribution < -0.4 is 16.4 Å². The molecule has 120 valence electrons. The molecular formula is C15H22N4O3. The number of benzene rings is 1. The number of rotatable bonds is 4. The van der Waals surface area contributed by atoms with Gasteiger partial charge in [-0.1, -0.05) is 6.07 Å². The number of ether oxygens (including phenoxy) is 1. The Morgan fingerprint density at radius 2 is 2.05 bits per heavy atom. The first-order valence-corrected chi connectivity index (χ1v) is 7.21. The maximum atomic E-state index is 12.2. The first-order valence-electron chi connectivity index (χ1n) is 7.21. The number of urea groups is 1. The molecule has 1 saturated heterocycles. The molecule has 7 heteroatoms. The minimum absolute atomic E-state index is 0.0122. The lowest BCUT2D eigenvalue weighted by Gasteiger charge is -2.19. The fourth-order valence-electron chi connectivity index (χ4n) is 2.39. The van der Waals surface area contributed by atoms with Crippen molar-refractivity contribution in [3.63, 3.8) is 0 Å². The largest absolute Gasteiger partial charge is 0.375 e. The number of carbonyl (C=O) groups excluding carboxylic acids is 2. The summed E-state index contributed by atoms with van der Waals surface area (Å²) in [5, 5.41) is 5.62. The summed E-state index contributed by atoms with van der Waals surface area (Å²) >= 11 is 0. The van der Waals surface area contributed by atoms with Crippen molar-refractivity contribution in [2.24, 2.45) is 5.73 Å². The van der Waals surface area contributed by atoms with Gasteiger partial charge in [0.2, 0.25) is 5.91 Å². The molecule has 1 atom stereocenters. The number of methoxy groups -OCH3 is 1. The van der Waals surface area contributed by atoms with Gasteiger partial charge in [-0.3, -0.25) is 4.79 Å². The van der Waals surface area contributed by atoms with Gasteiger partial charge in [0.05, 0.1) is 0 Å². The Balaban J connectivity index is 2.05. The van der Waals surface area contributed by atoms with E-state index in [1.54, 1.807) is 23.1 Å². The second-order valence-corrected chi connectivity index (χ2v) is 5.38. The van der Waals surface area contributed by atoms with Crippen LogP contribution in [0.2, 0.25) is 0 Å². The molecule has 7 nitrogen and oxygen atoms in total. The molecule has 1 aromatic rings. The summed E-state index contributed by atoms with van der Waals surface area (Å²) in [6, 6.07) is 5.24. The van der Waals surface area contributed by atoms with Crippen LogP contribution in [0.5, 0.6) is 0 Å². The number of likely N-dealkylation sites (tertiary alicyclic amines) is 1. The highest BCUT2D eigenvalue weighted by Crippen LogP contribution is 2.24. The van der Waals surface area contributed by atoms with Crippen LogP contribution in [0.3, 0.4) is 0 Å². The molecule has 2 rings (SSSR count). The number of anilines is 2. The number of hydrogen-bond acceptors (Lipinski definition) is 4. The average molecular weight is 306 g/mol. The zero-order chi connectivity index (χ0) is 16.1. The number of hydrogen-bond donors (Lipinski definition) is 3. The van der Waals surface area contributed by atoms with Gasteiger partial charge in [-0.05, 0) is 31.0 Å². The van der Waals surface area contributed by atoms with E-state index < -0.39 is 0 Å². The minimum atomic E-state index is -0.236. The number of nitrogens with one attached hydrogen (secondary N) is 2. The van der Waals surface area contributed by atoms with Gasteiger partial charge in [0.25, 0.3) is 0 Å². The topological polar surface area (TPSA) is 96.7 Å². The lowest BCUT2D eigenvalue weighted by Crippen LogP contribution is -2.35. The number of carbonyl (C=O) groups is 2. The van der Waals surface area contributed by atoms with E-state index in [0.717, 1.165) is 12.0 Å². The van der Waals surface area contributed by atoms with Gasteiger partial charge in [-0.2, -0.15) is 0 Å². The lowest BCUT2D eigenvalue weighted by molar-refractivity contribution is -0.119. The predicted octanol–water partition coefficient (Wildman–Crippen LogP) is 1.14. The zero-order valence-corrected chi connectivity index (χ0v) is 12.9. The maximum absolute atomic E-state index is 12.2. The molecule has 0 radical (unpaired) electrons. The lowest BCUT2D eigenvalue weighted by atomic mass is 10.1. The molecule has 0 aromatic heterocycles. The molecule has 1 aliphatic heterocycles. The van der Waals surface area contributed by atoms with E-state index in [4.69, 9.17) is 10.5 Å². The highest BCUT2D eigenvalue weighted by molar-refractivity contribution is 5.95. The third kappa shape index (κ3) is 3.96. The average Bonchev–Trinajstić information content (AvgIpc) is 2.90. The molecule has 3 amide bonds. The van der Waals surface area contributed by atoms with Crippen molar-refractivity contribution in [3.05, 3.63) is 23.8 Å². The summed E-state index contributed by atoms with van der Waals surface area (Å²) in [6.07, 6.45) is 0.819. The van der Waals surface area contributed by atoms with Crippen molar-refractivity contribution in [2.75, 3.05) is 37.4 Å². The fourth-order valence-corrected chi connectivity index (χ4v) is 2.39. The SMILES string of the molecule is COCC(=O)Nc1cccc(NC(=O)N2CC[C@@H](N)C2)c1C. The van der Waals surface area contributed by atoms with Crippen molar-refractivity contribution in [1.29, 1.82) is 0 Å². The molecule has 0 unspecified atom stereocenters. The van der Waals surface area contributed by atoms with Gasteiger partial charge in [0.15, 0.2) is 0 Å². The second kappa shape index (κ2) is 7.24. The third-order valence-electron chi connectivity index (χ3n) is 3.64. The van der Waals surface area contributed by atoms with Crippen molar-refractivity contribution in [2.45, 2.75) is 19.4 Å². The Labute approximate surface area is 129 Å². The Hall–Kier alpha value is -2.12.